The van der Waals surface area contributed by atoms with Crippen molar-refractivity contribution in [2.75, 3.05) is 23.8 Å². The molecule has 0 aliphatic heterocycles. The highest BCUT2D eigenvalue weighted by atomic mass is 16.5. The fraction of sp³-hybridized carbons (Fsp3) is 0.440. The molecule has 0 spiro atoms. The Bertz CT molecular complexity index is 845. The Morgan fingerprint density at radius 2 is 1.77 bits per heavy atom. The molecular weight excluding hydrogens is 390 g/mol. The van der Waals surface area contributed by atoms with Crippen molar-refractivity contribution in [2.45, 2.75) is 57.9 Å². The van der Waals surface area contributed by atoms with Gasteiger partial charge in [-0.05, 0) is 61.7 Å². The summed E-state index contributed by atoms with van der Waals surface area (Å²) in [5, 5.41) is 9.06. The molecule has 0 radical (unpaired) electrons. The fourth-order valence-electron chi connectivity index (χ4n) is 3.64. The van der Waals surface area contributed by atoms with E-state index in [1.54, 1.807) is 24.3 Å². The number of unbranched alkanes of at least 4 members (excludes halogenated alkanes) is 1. The zero-order valence-electron chi connectivity index (χ0n) is 18.3. The normalized spacial score (nSPS) is 14.0. The van der Waals surface area contributed by atoms with E-state index in [0.29, 0.717) is 17.9 Å². The van der Waals surface area contributed by atoms with Crippen LogP contribution in [0.2, 0.25) is 0 Å². The van der Waals surface area contributed by atoms with Crippen LogP contribution < -0.4 is 20.7 Å². The van der Waals surface area contributed by atoms with E-state index >= 15 is 0 Å². The Kier molecular flexibility index (Phi) is 8.76. The number of benzene rings is 2. The van der Waals surface area contributed by atoms with Crippen molar-refractivity contribution in [1.82, 2.24) is 5.32 Å². The molecule has 3 N–H and O–H groups in total. The van der Waals surface area contributed by atoms with E-state index in [1.807, 2.05) is 24.3 Å². The summed E-state index contributed by atoms with van der Waals surface area (Å²) in [4.78, 5) is 24.9. The summed E-state index contributed by atoms with van der Waals surface area (Å²) in [7, 11) is 0. The first-order valence-electron chi connectivity index (χ1n) is 11.3. The van der Waals surface area contributed by atoms with Gasteiger partial charge in [-0.3, -0.25) is 9.59 Å². The molecule has 1 aliphatic rings. The number of rotatable bonds is 10. The van der Waals surface area contributed by atoms with Crippen LogP contribution in [0, 0.1) is 0 Å². The minimum Gasteiger partial charge on any atom is -0.494 e. The summed E-state index contributed by atoms with van der Waals surface area (Å²) in [5.41, 5.74) is 2.02. The van der Waals surface area contributed by atoms with Gasteiger partial charge in [-0.2, -0.15) is 0 Å². The minimum absolute atomic E-state index is 0.0811. The van der Waals surface area contributed by atoms with Crippen LogP contribution in [-0.2, 0) is 4.79 Å². The van der Waals surface area contributed by atoms with Crippen LogP contribution in [0.5, 0.6) is 5.75 Å². The minimum atomic E-state index is -0.173. The largest absolute Gasteiger partial charge is 0.494 e. The van der Waals surface area contributed by atoms with Crippen molar-refractivity contribution in [3.05, 3.63) is 54.1 Å². The second kappa shape index (κ2) is 12.0. The Labute approximate surface area is 184 Å². The van der Waals surface area contributed by atoms with Crippen molar-refractivity contribution in [1.29, 1.82) is 0 Å². The van der Waals surface area contributed by atoms with Gasteiger partial charge in [-0.1, -0.05) is 38.7 Å². The first-order valence-corrected chi connectivity index (χ1v) is 11.3. The van der Waals surface area contributed by atoms with E-state index in [1.165, 1.54) is 19.3 Å². The maximum Gasteiger partial charge on any atom is 0.251 e. The highest BCUT2D eigenvalue weighted by molar-refractivity contribution is 5.98. The number of hydrogen-bond donors (Lipinski definition) is 3. The van der Waals surface area contributed by atoms with E-state index in [4.69, 9.17) is 4.74 Å². The monoisotopic (exact) mass is 423 g/mol. The second-order valence-corrected chi connectivity index (χ2v) is 8.02. The lowest BCUT2D eigenvalue weighted by atomic mass is 9.95. The molecule has 2 aromatic carbocycles. The van der Waals surface area contributed by atoms with Crippen molar-refractivity contribution in [2.24, 2.45) is 0 Å². The molecular formula is C25H33N3O3. The molecule has 1 aliphatic carbocycles. The number of hydrogen-bond acceptors (Lipinski definition) is 4. The lowest BCUT2D eigenvalue weighted by Crippen LogP contribution is -2.36. The number of anilines is 2. The lowest BCUT2D eigenvalue weighted by molar-refractivity contribution is -0.114. The van der Waals surface area contributed by atoms with Crippen LogP contribution in [0.25, 0.3) is 0 Å². The molecule has 31 heavy (non-hydrogen) atoms. The smallest absolute Gasteiger partial charge is 0.251 e. The van der Waals surface area contributed by atoms with E-state index in [2.05, 4.69) is 22.9 Å². The van der Waals surface area contributed by atoms with Crippen LogP contribution in [0.4, 0.5) is 11.4 Å². The number of amides is 2. The van der Waals surface area contributed by atoms with Crippen molar-refractivity contribution >= 4 is 23.2 Å². The molecule has 166 valence electrons. The molecule has 6 heteroatoms. The van der Waals surface area contributed by atoms with E-state index in [-0.39, 0.29) is 24.4 Å². The van der Waals surface area contributed by atoms with Crippen LogP contribution >= 0.6 is 0 Å². The Morgan fingerprint density at radius 3 is 2.52 bits per heavy atom. The van der Waals surface area contributed by atoms with E-state index in [9.17, 15) is 9.59 Å². The zero-order valence-corrected chi connectivity index (χ0v) is 18.3. The molecule has 0 unspecified atom stereocenters. The number of carbonyl (C=O) groups is 2. The Hall–Kier alpha value is -3.02. The van der Waals surface area contributed by atoms with Crippen molar-refractivity contribution in [3.63, 3.8) is 0 Å². The quantitative estimate of drug-likeness (QED) is 0.471. The topological polar surface area (TPSA) is 79.5 Å². The fourth-order valence-corrected chi connectivity index (χ4v) is 3.64. The highest BCUT2D eigenvalue weighted by Crippen LogP contribution is 2.19. The number of ether oxygens (including phenoxy) is 1. The van der Waals surface area contributed by atoms with E-state index in [0.717, 1.165) is 37.1 Å². The number of carbonyl (C=O) groups excluding carboxylic acids is 2. The van der Waals surface area contributed by atoms with Crippen LogP contribution in [0.3, 0.4) is 0 Å². The first-order chi connectivity index (χ1) is 15.1. The third-order valence-corrected chi connectivity index (χ3v) is 5.42. The molecule has 0 heterocycles. The predicted molar refractivity (Wildman–Crippen MR) is 125 cm³/mol. The van der Waals surface area contributed by atoms with Crippen LogP contribution in [0.1, 0.15) is 62.2 Å². The van der Waals surface area contributed by atoms with Gasteiger partial charge >= 0.3 is 0 Å². The molecule has 3 rings (SSSR count). The maximum absolute atomic E-state index is 12.5. The predicted octanol–water partition coefficient (Wildman–Crippen LogP) is 4.98. The SMILES string of the molecule is CCCCOc1ccc(NCC(=O)Nc2cccc(C(=O)NC3CCCCC3)c2)cc1. The highest BCUT2D eigenvalue weighted by Gasteiger charge is 2.17. The molecule has 1 fully saturated rings. The van der Waals surface area contributed by atoms with Crippen LogP contribution in [0.15, 0.2) is 48.5 Å². The standard InChI is InChI=1S/C25H33N3O3/c1-2-3-16-31-23-14-12-20(13-15-23)26-18-24(29)27-22-11-7-8-19(17-22)25(30)28-21-9-5-4-6-10-21/h7-8,11-15,17,21,26H,2-6,9-10,16,18H2,1H3,(H,27,29)(H,28,30). The molecule has 2 aromatic rings. The zero-order chi connectivity index (χ0) is 21.9. The van der Waals surface area contributed by atoms with Gasteiger partial charge in [0.2, 0.25) is 5.91 Å². The lowest BCUT2D eigenvalue weighted by Gasteiger charge is -2.22. The van der Waals surface area contributed by atoms with E-state index < -0.39 is 0 Å². The molecule has 1 saturated carbocycles. The third-order valence-electron chi connectivity index (χ3n) is 5.42. The summed E-state index contributed by atoms with van der Waals surface area (Å²) in [6.45, 7) is 2.97. The van der Waals surface area contributed by atoms with Gasteiger partial charge in [0.05, 0.1) is 13.2 Å². The van der Waals surface area contributed by atoms with Gasteiger partial charge < -0.3 is 20.7 Å². The first kappa shape index (κ1) is 22.7. The van der Waals surface area contributed by atoms with Gasteiger partial charge in [0, 0.05) is 23.0 Å². The maximum atomic E-state index is 12.5. The molecule has 2 amide bonds. The van der Waals surface area contributed by atoms with Gasteiger partial charge in [-0.15, -0.1) is 0 Å². The van der Waals surface area contributed by atoms with Gasteiger partial charge in [0.1, 0.15) is 5.75 Å². The Morgan fingerprint density at radius 1 is 1.00 bits per heavy atom. The summed E-state index contributed by atoms with van der Waals surface area (Å²) < 4.78 is 5.64. The average Bonchev–Trinajstić information content (AvgIpc) is 2.79. The summed E-state index contributed by atoms with van der Waals surface area (Å²) in [5.74, 6) is 0.572. The summed E-state index contributed by atoms with van der Waals surface area (Å²) in [6, 6.07) is 14.9. The van der Waals surface area contributed by atoms with Gasteiger partial charge in [0.25, 0.3) is 5.91 Å². The molecule has 0 atom stereocenters. The average molecular weight is 424 g/mol. The third kappa shape index (κ3) is 7.63. The number of nitrogens with one attached hydrogen (secondary N) is 3. The van der Waals surface area contributed by atoms with Gasteiger partial charge in [-0.25, -0.2) is 0 Å². The van der Waals surface area contributed by atoms with Crippen molar-refractivity contribution < 1.29 is 14.3 Å². The molecule has 6 nitrogen and oxygen atoms in total. The summed E-state index contributed by atoms with van der Waals surface area (Å²) in [6.07, 6.45) is 7.80. The Balaban J connectivity index is 1.45. The molecule has 0 saturated heterocycles. The second-order valence-electron chi connectivity index (χ2n) is 8.02. The van der Waals surface area contributed by atoms with Crippen LogP contribution in [-0.4, -0.2) is 31.0 Å². The summed E-state index contributed by atoms with van der Waals surface area (Å²) >= 11 is 0. The molecule has 0 aromatic heterocycles. The molecule has 0 bridgehead atoms. The van der Waals surface area contributed by atoms with Crippen molar-refractivity contribution in [3.8, 4) is 5.75 Å². The van der Waals surface area contributed by atoms with Gasteiger partial charge in [0.15, 0.2) is 0 Å².